The number of likely N-dealkylation sites (tertiary alicyclic amines) is 1. The van der Waals surface area contributed by atoms with Gasteiger partial charge in [0.15, 0.2) is 0 Å². The number of phenols is 1. The van der Waals surface area contributed by atoms with Gasteiger partial charge >= 0.3 is 0 Å². The summed E-state index contributed by atoms with van der Waals surface area (Å²) in [6.07, 6.45) is 5.79. The SMILES string of the molecule is C.COCCN(C)CCN1CCC(n2cc(-c3cccc(O)c3)c3c(N)ncnc32)CC1. The van der Waals surface area contributed by atoms with E-state index < -0.39 is 0 Å². The number of fused-ring (bicyclic) bond motifs is 1. The van der Waals surface area contributed by atoms with Gasteiger partial charge in [0.25, 0.3) is 0 Å². The molecule has 4 rings (SSSR count). The Hall–Kier alpha value is -2.68. The minimum absolute atomic E-state index is 0. The van der Waals surface area contributed by atoms with Crippen LogP contribution in [0.2, 0.25) is 0 Å². The highest BCUT2D eigenvalue weighted by Crippen LogP contribution is 2.37. The third-order valence-corrected chi connectivity index (χ3v) is 6.22. The summed E-state index contributed by atoms with van der Waals surface area (Å²) in [5.74, 6) is 0.705. The van der Waals surface area contributed by atoms with Crippen LogP contribution in [-0.4, -0.2) is 82.9 Å². The number of ether oxygens (including phenoxy) is 1. The molecule has 1 saturated heterocycles. The van der Waals surface area contributed by atoms with Crippen molar-refractivity contribution in [1.82, 2.24) is 24.3 Å². The minimum atomic E-state index is 0. The second kappa shape index (κ2) is 10.8. The van der Waals surface area contributed by atoms with E-state index in [4.69, 9.17) is 10.5 Å². The number of likely N-dealkylation sites (N-methyl/N-ethyl adjacent to an activating group) is 1. The fraction of sp³-hybridized carbons (Fsp3) is 0.500. The molecule has 8 heteroatoms. The largest absolute Gasteiger partial charge is 0.508 e. The van der Waals surface area contributed by atoms with E-state index in [1.54, 1.807) is 19.2 Å². The molecule has 1 aliphatic heterocycles. The standard InChI is InChI=1S/C23H32N6O2.CH4/c1-27(12-13-31-2)10-11-28-8-6-18(7-9-28)29-15-20(17-4-3-5-19(30)14-17)21-22(24)25-16-26-23(21)29;/h3-5,14-16,18,30H,6-13H2,1-2H3,(H2,24,25,26);1H4. The molecule has 1 aromatic carbocycles. The topological polar surface area (TPSA) is 92.7 Å². The second-order valence-electron chi connectivity index (χ2n) is 8.33. The van der Waals surface area contributed by atoms with E-state index in [-0.39, 0.29) is 13.2 Å². The number of aromatic nitrogens is 3. The van der Waals surface area contributed by atoms with Gasteiger partial charge in [-0.1, -0.05) is 19.6 Å². The van der Waals surface area contributed by atoms with Gasteiger partial charge < -0.3 is 29.9 Å². The summed E-state index contributed by atoms with van der Waals surface area (Å²) < 4.78 is 7.42. The number of nitrogens with two attached hydrogens (primary N) is 1. The number of nitrogens with zero attached hydrogens (tertiary/aromatic N) is 5. The predicted molar refractivity (Wildman–Crippen MR) is 130 cm³/mol. The number of methoxy groups -OCH3 is 1. The Morgan fingerprint density at radius 3 is 2.72 bits per heavy atom. The van der Waals surface area contributed by atoms with Crippen LogP contribution in [0.3, 0.4) is 0 Å². The Balaban J connectivity index is 0.00000289. The number of aromatic hydroxyl groups is 1. The van der Waals surface area contributed by atoms with Crippen molar-refractivity contribution in [2.75, 3.05) is 59.2 Å². The van der Waals surface area contributed by atoms with E-state index >= 15 is 0 Å². The van der Waals surface area contributed by atoms with Crippen LogP contribution in [0.5, 0.6) is 5.75 Å². The van der Waals surface area contributed by atoms with Gasteiger partial charge in [0, 0.05) is 57.6 Å². The van der Waals surface area contributed by atoms with Crippen LogP contribution < -0.4 is 5.73 Å². The van der Waals surface area contributed by atoms with Gasteiger partial charge in [0.1, 0.15) is 23.5 Å². The zero-order chi connectivity index (χ0) is 21.8. The van der Waals surface area contributed by atoms with E-state index in [0.717, 1.165) is 74.3 Å². The van der Waals surface area contributed by atoms with E-state index in [2.05, 4.69) is 37.6 Å². The van der Waals surface area contributed by atoms with Crippen LogP contribution in [0.4, 0.5) is 5.82 Å². The van der Waals surface area contributed by atoms with Crippen LogP contribution in [0.15, 0.2) is 36.8 Å². The van der Waals surface area contributed by atoms with Crippen LogP contribution in [0.25, 0.3) is 22.2 Å². The molecule has 174 valence electrons. The average Bonchev–Trinajstić information content (AvgIpc) is 3.18. The highest BCUT2D eigenvalue weighted by molar-refractivity contribution is 6.00. The van der Waals surface area contributed by atoms with Gasteiger partial charge in [-0.2, -0.15) is 0 Å². The van der Waals surface area contributed by atoms with Crippen molar-refractivity contribution < 1.29 is 9.84 Å². The van der Waals surface area contributed by atoms with Crippen molar-refractivity contribution in [3.8, 4) is 16.9 Å². The summed E-state index contributed by atoms with van der Waals surface area (Å²) in [4.78, 5) is 13.6. The molecule has 0 saturated carbocycles. The van der Waals surface area contributed by atoms with Gasteiger partial charge in [0.05, 0.1) is 12.0 Å². The summed E-state index contributed by atoms with van der Waals surface area (Å²) in [6, 6.07) is 7.62. The Morgan fingerprint density at radius 2 is 2.00 bits per heavy atom. The lowest BCUT2D eigenvalue weighted by Gasteiger charge is -2.33. The maximum absolute atomic E-state index is 9.95. The summed E-state index contributed by atoms with van der Waals surface area (Å²) in [5.41, 5.74) is 9.00. The molecule has 0 spiro atoms. The molecule has 32 heavy (non-hydrogen) atoms. The molecule has 0 atom stereocenters. The van der Waals surface area contributed by atoms with Crippen molar-refractivity contribution in [2.24, 2.45) is 0 Å². The number of nitrogen functional groups attached to an aromatic ring is 1. The molecule has 3 heterocycles. The fourth-order valence-electron chi connectivity index (χ4n) is 4.37. The molecule has 8 nitrogen and oxygen atoms in total. The van der Waals surface area contributed by atoms with Gasteiger partial charge in [-0.25, -0.2) is 9.97 Å². The van der Waals surface area contributed by atoms with Crippen LogP contribution in [0.1, 0.15) is 26.3 Å². The highest BCUT2D eigenvalue weighted by atomic mass is 16.5. The number of rotatable bonds is 8. The number of benzene rings is 1. The van der Waals surface area contributed by atoms with E-state index in [9.17, 15) is 5.11 Å². The Bertz CT molecular complexity index is 1010. The summed E-state index contributed by atoms with van der Waals surface area (Å²) in [7, 11) is 3.89. The first-order valence-corrected chi connectivity index (χ1v) is 10.9. The van der Waals surface area contributed by atoms with Gasteiger partial charge in [-0.3, -0.25) is 0 Å². The molecule has 3 N–H and O–H groups in total. The zero-order valence-corrected chi connectivity index (χ0v) is 18.4. The molecular weight excluding hydrogens is 404 g/mol. The molecule has 0 amide bonds. The Morgan fingerprint density at radius 1 is 1.22 bits per heavy atom. The van der Waals surface area contributed by atoms with Crippen molar-refractivity contribution in [3.05, 3.63) is 36.8 Å². The Labute approximate surface area is 190 Å². The highest BCUT2D eigenvalue weighted by Gasteiger charge is 2.24. The molecule has 3 aromatic rings. The second-order valence-corrected chi connectivity index (χ2v) is 8.33. The predicted octanol–water partition coefficient (Wildman–Crippen LogP) is 3.24. The number of phenolic OH excluding ortho intramolecular Hbond substituents is 1. The van der Waals surface area contributed by atoms with E-state index in [0.29, 0.717) is 11.9 Å². The maximum Gasteiger partial charge on any atom is 0.146 e. The van der Waals surface area contributed by atoms with Gasteiger partial charge in [0.2, 0.25) is 0 Å². The fourth-order valence-corrected chi connectivity index (χ4v) is 4.37. The third-order valence-electron chi connectivity index (χ3n) is 6.22. The van der Waals surface area contributed by atoms with Crippen molar-refractivity contribution in [1.29, 1.82) is 0 Å². The molecule has 1 aliphatic rings. The molecule has 0 radical (unpaired) electrons. The first-order valence-electron chi connectivity index (χ1n) is 10.9. The van der Waals surface area contributed by atoms with Crippen LogP contribution >= 0.6 is 0 Å². The monoisotopic (exact) mass is 440 g/mol. The average molecular weight is 441 g/mol. The number of hydrogen-bond donors (Lipinski definition) is 2. The van der Waals surface area contributed by atoms with Crippen LogP contribution in [-0.2, 0) is 4.74 Å². The molecular formula is C24H36N6O2. The van der Waals surface area contributed by atoms with E-state index in [1.807, 2.05) is 12.1 Å². The smallest absolute Gasteiger partial charge is 0.146 e. The minimum Gasteiger partial charge on any atom is -0.508 e. The normalized spacial score (nSPS) is 15.3. The quantitative estimate of drug-likeness (QED) is 0.555. The molecule has 0 aliphatic carbocycles. The summed E-state index contributed by atoms with van der Waals surface area (Å²) in [5, 5.41) is 10.8. The van der Waals surface area contributed by atoms with Crippen molar-refractivity contribution in [3.63, 3.8) is 0 Å². The number of anilines is 1. The molecule has 0 unspecified atom stereocenters. The van der Waals surface area contributed by atoms with Crippen LogP contribution in [0, 0.1) is 0 Å². The van der Waals surface area contributed by atoms with Gasteiger partial charge in [-0.05, 0) is 37.6 Å². The van der Waals surface area contributed by atoms with Gasteiger partial charge in [-0.15, -0.1) is 0 Å². The van der Waals surface area contributed by atoms with Crippen molar-refractivity contribution in [2.45, 2.75) is 26.3 Å². The first kappa shape index (κ1) is 24.0. The maximum atomic E-state index is 9.95. The summed E-state index contributed by atoms with van der Waals surface area (Å²) in [6.45, 7) is 5.97. The zero-order valence-electron chi connectivity index (χ0n) is 18.4. The molecule has 0 bridgehead atoms. The number of piperidine rings is 1. The Kier molecular flexibility index (Phi) is 8.06. The lowest BCUT2D eigenvalue weighted by atomic mass is 10.0. The molecule has 2 aromatic heterocycles. The summed E-state index contributed by atoms with van der Waals surface area (Å²) >= 11 is 0. The molecule has 1 fully saturated rings. The van der Waals surface area contributed by atoms with Crippen molar-refractivity contribution >= 4 is 16.9 Å². The first-order chi connectivity index (χ1) is 15.1. The van der Waals surface area contributed by atoms with E-state index in [1.165, 1.54) is 6.33 Å². The lowest BCUT2D eigenvalue weighted by Crippen LogP contribution is -2.39. The number of hydrogen-bond acceptors (Lipinski definition) is 7. The lowest BCUT2D eigenvalue weighted by molar-refractivity contribution is 0.138. The third kappa shape index (κ3) is 5.20.